The number of anilines is 1. The molecule has 1 aliphatic rings. The van der Waals surface area contributed by atoms with Crippen LogP contribution in [0.1, 0.15) is 18.5 Å². The lowest BCUT2D eigenvalue weighted by Crippen LogP contribution is -2.36. The van der Waals surface area contributed by atoms with E-state index in [0.717, 1.165) is 43.1 Å². The van der Waals surface area contributed by atoms with Gasteiger partial charge in [-0.15, -0.1) is 0 Å². The van der Waals surface area contributed by atoms with Gasteiger partial charge in [0.15, 0.2) is 0 Å². The highest BCUT2D eigenvalue weighted by Gasteiger charge is 2.20. The van der Waals surface area contributed by atoms with E-state index < -0.39 is 0 Å². The van der Waals surface area contributed by atoms with Crippen molar-refractivity contribution >= 4 is 5.69 Å². The van der Waals surface area contributed by atoms with E-state index in [9.17, 15) is 5.11 Å². The maximum atomic E-state index is 9.47. The first kappa shape index (κ1) is 11.2. The molecule has 0 spiro atoms. The smallest absolute Gasteiger partial charge is 0.145 e. The summed E-state index contributed by atoms with van der Waals surface area (Å²) in [5.74, 6) is 0.865. The van der Waals surface area contributed by atoms with Gasteiger partial charge in [-0.05, 0) is 19.8 Å². The third-order valence-corrected chi connectivity index (χ3v) is 3.01. The lowest BCUT2D eigenvalue weighted by molar-refractivity contribution is 0.145. The molecular weight excluding hydrogens is 204 g/mol. The van der Waals surface area contributed by atoms with Gasteiger partial charge in [-0.3, -0.25) is 4.98 Å². The summed E-state index contributed by atoms with van der Waals surface area (Å²) in [5, 5.41) is 9.47. The molecular formula is C12H18N2O2. The Hall–Kier alpha value is -1.29. The molecule has 0 amide bonds. The van der Waals surface area contributed by atoms with Crippen LogP contribution in [0.15, 0.2) is 12.3 Å². The zero-order valence-corrected chi connectivity index (χ0v) is 9.81. The third kappa shape index (κ3) is 2.27. The molecule has 0 unspecified atom stereocenters. The van der Waals surface area contributed by atoms with Gasteiger partial charge in [-0.1, -0.05) is 0 Å². The van der Waals surface area contributed by atoms with Crippen LogP contribution in [0.25, 0.3) is 0 Å². The summed E-state index contributed by atoms with van der Waals surface area (Å²) in [6, 6.07) is 1.94. The van der Waals surface area contributed by atoms with E-state index in [1.165, 1.54) is 0 Å². The van der Waals surface area contributed by atoms with E-state index in [0.29, 0.717) is 0 Å². The first-order valence-electron chi connectivity index (χ1n) is 5.64. The number of hydrogen-bond donors (Lipinski definition) is 1. The summed E-state index contributed by atoms with van der Waals surface area (Å²) in [5.41, 5.74) is 1.98. The van der Waals surface area contributed by atoms with E-state index >= 15 is 0 Å². The van der Waals surface area contributed by atoms with Crippen LogP contribution in [0.2, 0.25) is 0 Å². The fourth-order valence-corrected chi connectivity index (χ4v) is 2.04. The number of hydrogen-bond acceptors (Lipinski definition) is 4. The quantitative estimate of drug-likeness (QED) is 0.820. The Bertz CT molecular complexity index is 360. The summed E-state index contributed by atoms with van der Waals surface area (Å²) >= 11 is 0. The van der Waals surface area contributed by atoms with Gasteiger partial charge in [0, 0.05) is 24.8 Å². The van der Waals surface area contributed by atoms with E-state index in [-0.39, 0.29) is 6.10 Å². The Balaban J connectivity index is 2.19. The zero-order valence-electron chi connectivity index (χ0n) is 9.81. The summed E-state index contributed by atoms with van der Waals surface area (Å²) in [4.78, 5) is 6.52. The third-order valence-electron chi connectivity index (χ3n) is 3.01. The highest BCUT2D eigenvalue weighted by molar-refractivity contribution is 5.57. The Labute approximate surface area is 95.9 Å². The monoisotopic (exact) mass is 222 g/mol. The van der Waals surface area contributed by atoms with Crippen molar-refractivity contribution in [3.8, 4) is 5.75 Å². The average molecular weight is 222 g/mol. The highest BCUT2D eigenvalue weighted by Crippen LogP contribution is 2.29. The van der Waals surface area contributed by atoms with Crippen molar-refractivity contribution in [3.63, 3.8) is 0 Å². The molecule has 0 saturated carbocycles. The van der Waals surface area contributed by atoms with Crippen LogP contribution in [0.3, 0.4) is 0 Å². The van der Waals surface area contributed by atoms with Crippen LogP contribution in [0.5, 0.6) is 5.75 Å². The number of pyridine rings is 1. The van der Waals surface area contributed by atoms with Crippen molar-refractivity contribution in [2.24, 2.45) is 0 Å². The minimum atomic E-state index is -0.152. The Morgan fingerprint density at radius 2 is 2.12 bits per heavy atom. The van der Waals surface area contributed by atoms with E-state index in [2.05, 4.69) is 9.88 Å². The first-order valence-corrected chi connectivity index (χ1v) is 5.64. The van der Waals surface area contributed by atoms with E-state index in [4.69, 9.17) is 4.74 Å². The van der Waals surface area contributed by atoms with Crippen molar-refractivity contribution in [3.05, 3.63) is 18.0 Å². The molecule has 1 aromatic heterocycles. The molecule has 0 radical (unpaired) electrons. The SMILES string of the molecule is COc1cc(C)ncc1N1CCC(O)CC1. The Morgan fingerprint density at radius 1 is 1.44 bits per heavy atom. The Kier molecular flexibility index (Phi) is 3.29. The average Bonchev–Trinajstić information content (AvgIpc) is 2.30. The second-order valence-electron chi connectivity index (χ2n) is 4.22. The van der Waals surface area contributed by atoms with Crippen LogP contribution in [0.4, 0.5) is 5.69 Å². The molecule has 0 aromatic carbocycles. The van der Waals surface area contributed by atoms with Gasteiger partial charge in [0.2, 0.25) is 0 Å². The summed E-state index contributed by atoms with van der Waals surface area (Å²) in [6.07, 6.45) is 3.33. The molecule has 0 atom stereocenters. The van der Waals surface area contributed by atoms with Crippen molar-refractivity contribution in [2.75, 3.05) is 25.1 Å². The van der Waals surface area contributed by atoms with Crippen molar-refractivity contribution in [1.82, 2.24) is 4.98 Å². The number of aliphatic hydroxyl groups excluding tert-OH is 1. The molecule has 1 aromatic rings. The summed E-state index contributed by atoms with van der Waals surface area (Å²) < 4.78 is 5.36. The van der Waals surface area contributed by atoms with Gasteiger partial charge in [-0.25, -0.2) is 0 Å². The fraction of sp³-hybridized carbons (Fsp3) is 0.583. The second kappa shape index (κ2) is 4.70. The number of ether oxygens (including phenoxy) is 1. The molecule has 0 bridgehead atoms. The number of aliphatic hydroxyl groups is 1. The first-order chi connectivity index (χ1) is 7.70. The molecule has 1 fully saturated rings. The minimum absolute atomic E-state index is 0.152. The number of aryl methyl sites for hydroxylation is 1. The lowest BCUT2D eigenvalue weighted by atomic mass is 10.1. The van der Waals surface area contributed by atoms with Gasteiger partial charge in [0.05, 0.1) is 25.1 Å². The molecule has 4 heteroatoms. The zero-order chi connectivity index (χ0) is 11.5. The van der Waals surface area contributed by atoms with Gasteiger partial charge in [-0.2, -0.15) is 0 Å². The van der Waals surface area contributed by atoms with Crippen LogP contribution in [-0.4, -0.2) is 36.4 Å². The lowest BCUT2D eigenvalue weighted by Gasteiger charge is -2.32. The number of rotatable bonds is 2. The molecule has 1 N–H and O–H groups in total. The second-order valence-corrected chi connectivity index (χ2v) is 4.22. The number of piperidine rings is 1. The topological polar surface area (TPSA) is 45.6 Å². The van der Waals surface area contributed by atoms with Gasteiger partial charge < -0.3 is 14.7 Å². The van der Waals surface area contributed by atoms with Gasteiger partial charge in [0.1, 0.15) is 5.75 Å². The maximum Gasteiger partial charge on any atom is 0.145 e. The molecule has 1 aliphatic heterocycles. The van der Waals surface area contributed by atoms with Crippen molar-refractivity contribution in [1.29, 1.82) is 0 Å². The largest absolute Gasteiger partial charge is 0.494 e. The fourth-order valence-electron chi connectivity index (χ4n) is 2.04. The molecule has 16 heavy (non-hydrogen) atoms. The molecule has 88 valence electrons. The predicted octanol–water partition coefficient (Wildman–Crippen LogP) is 1.36. The molecule has 1 saturated heterocycles. The van der Waals surface area contributed by atoms with Crippen LogP contribution >= 0.6 is 0 Å². The molecule has 0 aliphatic carbocycles. The molecule has 2 heterocycles. The van der Waals surface area contributed by atoms with Gasteiger partial charge in [0.25, 0.3) is 0 Å². The predicted molar refractivity (Wildman–Crippen MR) is 63.0 cm³/mol. The van der Waals surface area contributed by atoms with Crippen LogP contribution in [-0.2, 0) is 0 Å². The molecule has 2 rings (SSSR count). The Morgan fingerprint density at radius 3 is 2.75 bits per heavy atom. The molecule has 4 nitrogen and oxygen atoms in total. The van der Waals surface area contributed by atoms with Crippen molar-refractivity contribution < 1.29 is 9.84 Å². The normalized spacial score (nSPS) is 17.6. The maximum absolute atomic E-state index is 9.47. The van der Waals surface area contributed by atoms with Crippen LogP contribution < -0.4 is 9.64 Å². The number of aromatic nitrogens is 1. The van der Waals surface area contributed by atoms with Crippen LogP contribution in [0, 0.1) is 6.92 Å². The minimum Gasteiger partial charge on any atom is -0.494 e. The van der Waals surface area contributed by atoms with E-state index in [1.54, 1.807) is 7.11 Å². The summed E-state index contributed by atoms with van der Waals surface area (Å²) in [6.45, 7) is 3.68. The van der Waals surface area contributed by atoms with E-state index in [1.807, 2.05) is 19.2 Å². The standard InChI is InChI=1S/C12H18N2O2/c1-9-7-12(16-2)11(8-13-9)14-5-3-10(15)4-6-14/h7-8,10,15H,3-6H2,1-2H3. The number of nitrogens with zero attached hydrogens (tertiary/aromatic N) is 2. The number of methoxy groups -OCH3 is 1. The summed E-state index contributed by atoms with van der Waals surface area (Å²) in [7, 11) is 1.68. The highest BCUT2D eigenvalue weighted by atomic mass is 16.5. The van der Waals surface area contributed by atoms with Gasteiger partial charge >= 0.3 is 0 Å². The van der Waals surface area contributed by atoms with Crippen molar-refractivity contribution in [2.45, 2.75) is 25.9 Å².